The Bertz CT molecular complexity index is 646. The molecule has 0 unspecified atom stereocenters. The van der Waals surface area contributed by atoms with Gasteiger partial charge in [0.05, 0.1) is 5.56 Å². The van der Waals surface area contributed by atoms with E-state index in [4.69, 9.17) is 5.11 Å². The lowest BCUT2D eigenvalue weighted by molar-refractivity contribution is -0.605. The van der Waals surface area contributed by atoms with Crippen LogP contribution in [0, 0.1) is 14.6 Å². The largest absolute Gasteiger partial charge is 0.619 e. The summed E-state index contributed by atoms with van der Waals surface area (Å²) in [5.41, 5.74) is 0.643. The molecular formula is C13H9FINO3. The van der Waals surface area contributed by atoms with Gasteiger partial charge in [0.25, 0.3) is 0 Å². The van der Waals surface area contributed by atoms with Gasteiger partial charge >= 0.3 is 5.97 Å². The smallest absolute Gasteiger partial charge is 0.336 e. The van der Waals surface area contributed by atoms with Crippen LogP contribution in [0.3, 0.4) is 0 Å². The van der Waals surface area contributed by atoms with E-state index < -0.39 is 11.8 Å². The Morgan fingerprint density at radius 3 is 2.74 bits per heavy atom. The number of rotatable bonds is 3. The van der Waals surface area contributed by atoms with E-state index in [2.05, 4.69) is 0 Å². The Morgan fingerprint density at radius 1 is 1.37 bits per heavy atom. The second kappa shape index (κ2) is 5.52. The molecule has 0 amide bonds. The fraction of sp³-hybridized carbons (Fsp3) is 0.0769. The van der Waals surface area contributed by atoms with Crippen LogP contribution in [0.4, 0.5) is 4.39 Å². The standard InChI is InChI=1S/C13H9FINO3/c14-12-6-10(15)2-1-8(12)5-9-7-16(19)4-3-11(9)13(17)18/h1-4,6-7H,5H2,(H,17,18). The molecule has 1 aromatic carbocycles. The zero-order valence-corrected chi connectivity index (χ0v) is 11.8. The van der Waals surface area contributed by atoms with Gasteiger partial charge in [0.1, 0.15) is 5.82 Å². The topological polar surface area (TPSA) is 64.2 Å². The van der Waals surface area contributed by atoms with Gasteiger partial charge in [-0.1, -0.05) is 6.07 Å². The zero-order valence-electron chi connectivity index (χ0n) is 9.64. The molecule has 0 aliphatic carbocycles. The summed E-state index contributed by atoms with van der Waals surface area (Å²) in [6, 6.07) is 5.90. The van der Waals surface area contributed by atoms with E-state index >= 15 is 0 Å². The van der Waals surface area contributed by atoms with Crippen molar-refractivity contribution in [1.29, 1.82) is 0 Å². The fourth-order valence-electron chi connectivity index (χ4n) is 1.74. The van der Waals surface area contributed by atoms with Crippen LogP contribution in [0.5, 0.6) is 0 Å². The van der Waals surface area contributed by atoms with Crippen molar-refractivity contribution in [2.24, 2.45) is 0 Å². The molecule has 0 spiro atoms. The zero-order chi connectivity index (χ0) is 14.0. The lowest BCUT2D eigenvalue weighted by Gasteiger charge is -2.07. The summed E-state index contributed by atoms with van der Waals surface area (Å²) < 4.78 is 15.0. The molecule has 1 heterocycles. The number of halogens is 2. The molecule has 0 saturated heterocycles. The lowest BCUT2D eigenvalue weighted by atomic mass is 10.0. The Hall–Kier alpha value is -1.70. The summed E-state index contributed by atoms with van der Waals surface area (Å²) in [5.74, 6) is -1.55. The SMILES string of the molecule is O=C(O)c1cc[n+]([O-])cc1Cc1ccc(I)cc1F. The number of nitrogens with zero attached hydrogens (tertiary/aromatic N) is 1. The van der Waals surface area contributed by atoms with Gasteiger partial charge in [-0.3, -0.25) is 0 Å². The molecule has 0 bridgehead atoms. The average molecular weight is 373 g/mol. The van der Waals surface area contributed by atoms with E-state index in [1.165, 1.54) is 12.1 Å². The Labute approximate surface area is 122 Å². The van der Waals surface area contributed by atoms with E-state index in [-0.39, 0.29) is 17.5 Å². The predicted octanol–water partition coefficient (Wildman–Crippen LogP) is 2.35. The van der Waals surface area contributed by atoms with Gasteiger partial charge in [0.2, 0.25) is 0 Å². The van der Waals surface area contributed by atoms with Crippen molar-refractivity contribution in [3.8, 4) is 0 Å². The quantitative estimate of drug-likeness (QED) is 0.511. The number of hydrogen-bond acceptors (Lipinski definition) is 2. The molecule has 0 aliphatic heterocycles. The minimum Gasteiger partial charge on any atom is -0.619 e. The van der Waals surface area contributed by atoms with E-state index in [0.717, 1.165) is 16.0 Å². The monoisotopic (exact) mass is 373 g/mol. The van der Waals surface area contributed by atoms with Crippen LogP contribution in [0.2, 0.25) is 0 Å². The molecule has 6 heteroatoms. The predicted molar refractivity (Wildman–Crippen MR) is 74.3 cm³/mol. The van der Waals surface area contributed by atoms with Crippen LogP contribution in [-0.4, -0.2) is 11.1 Å². The summed E-state index contributed by atoms with van der Waals surface area (Å²) in [5, 5.41) is 20.3. The molecule has 19 heavy (non-hydrogen) atoms. The van der Waals surface area contributed by atoms with Crippen LogP contribution in [-0.2, 0) is 6.42 Å². The van der Waals surface area contributed by atoms with Crippen molar-refractivity contribution < 1.29 is 19.0 Å². The Morgan fingerprint density at radius 2 is 2.11 bits per heavy atom. The van der Waals surface area contributed by atoms with Gasteiger partial charge in [-0.25, -0.2) is 9.18 Å². The van der Waals surface area contributed by atoms with Crippen molar-refractivity contribution in [2.75, 3.05) is 0 Å². The van der Waals surface area contributed by atoms with Crippen LogP contribution in [0.15, 0.2) is 36.7 Å². The number of aromatic carboxylic acids is 1. The van der Waals surface area contributed by atoms with E-state index in [9.17, 15) is 14.4 Å². The van der Waals surface area contributed by atoms with Crippen molar-refractivity contribution in [2.45, 2.75) is 6.42 Å². The molecule has 0 atom stereocenters. The molecular weight excluding hydrogens is 364 g/mol. The minimum absolute atomic E-state index is 0.00468. The second-order valence-electron chi connectivity index (χ2n) is 3.96. The van der Waals surface area contributed by atoms with Crippen LogP contribution >= 0.6 is 22.6 Å². The molecule has 1 aromatic heterocycles. The molecule has 2 rings (SSSR count). The first kappa shape index (κ1) is 13.7. The summed E-state index contributed by atoms with van der Waals surface area (Å²) in [6.45, 7) is 0. The molecule has 4 nitrogen and oxygen atoms in total. The summed E-state index contributed by atoms with van der Waals surface area (Å²) >= 11 is 1.99. The maximum atomic E-state index is 13.7. The number of hydrogen-bond donors (Lipinski definition) is 1. The number of pyridine rings is 1. The van der Waals surface area contributed by atoms with Gasteiger partial charge in [-0.2, -0.15) is 4.73 Å². The molecule has 98 valence electrons. The normalized spacial score (nSPS) is 10.4. The van der Waals surface area contributed by atoms with E-state index in [0.29, 0.717) is 10.3 Å². The summed E-state index contributed by atoms with van der Waals surface area (Å²) in [4.78, 5) is 11.1. The molecule has 0 saturated carbocycles. The van der Waals surface area contributed by atoms with Crippen molar-refractivity contribution >= 4 is 28.6 Å². The first-order chi connectivity index (χ1) is 8.97. The number of benzene rings is 1. The van der Waals surface area contributed by atoms with E-state index in [1.54, 1.807) is 12.1 Å². The third-order valence-corrected chi connectivity index (χ3v) is 3.31. The van der Waals surface area contributed by atoms with Crippen LogP contribution in [0.1, 0.15) is 21.5 Å². The van der Waals surface area contributed by atoms with Crippen molar-refractivity contribution in [1.82, 2.24) is 0 Å². The van der Waals surface area contributed by atoms with Gasteiger partial charge < -0.3 is 10.3 Å². The summed E-state index contributed by atoms with van der Waals surface area (Å²) in [6.07, 6.45) is 2.32. The third-order valence-electron chi connectivity index (χ3n) is 2.64. The maximum absolute atomic E-state index is 13.7. The number of carbonyl (C=O) groups is 1. The maximum Gasteiger partial charge on any atom is 0.336 e. The first-order valence-electron chi connectivity index (χ1n) is 5.36. The van der Waals surface area contributed by atoms with E-state index in [1.807, 2.05) is 22.6 Å². The minimum atomic E-state index is -1.14. The highest BCUT2D eigenvalue weighted by Gasteiger charge is 2.15. The Kier molecular flexibility index (Phi) is 3.98. The lowest BCUT2D eigenvalue weighted by Crippen LogP contribution is -2.26. The molecule has 0 aliphatic rings. The highest BCUT2D eigenvalue weighted by Crippen LogP contribution is 2.18. The number of carboxylic acid groups (broad SMARTS) is 1. The molecule has 2 aromatic rings. The fourth-order valence-corrected chi connectivity index (χ4v) is 2.19. The summed E-state index contributed by atoms with van der Waals surface area (Å²) in [7, 11) is 0. The number of aromatic nitrogens is 1. The van der Waals surface area contributed by atoms with Gasteiger partial charge in [-0.15, -0.1) is 0 Å². The molecule has 1 N–H and O–H groups in total. The van der Waals surface area contributed by atoms with Gasteiger partial charge in [0, 0.05) is 21.6 Å². The highest BCUT2D eigenvalue weighted by atomic mass is 127. The van der Waals surface area contributed by atoms with Crippen LogP contribution < -0.4 is 4.73 Å². The van der Waals surface area contributed by atoms with Crippen molar-refractivity contribution in [3.63, 3.8) is 0 Å². The first-order valence-corrected chi connectivity index (χ1v) is 6.44. The highest BCUT2D eigenvalue weighted by molar-refractivity contribution is 14.1. The van der Waals surface area contributed by atoms with Gasteiger partial charge in [-0.05, 0) is 40.3 Å². The third kappa shape index (κ3) is 3.19. The average Bonchev–Trinajstić information content (AvgIpc) is 2.32. The molecule has 0 radical (unpaired) electrons. The number of carboxylic acids is 1. The van der Waals surface area contributed by atoms with Crippen LogP contribution in [0.25, 0.3) is 0 Å². The second-order valence-corrected chi connectivity index (χ2v) is 5.21. The molecule has 0 fully saturated rings. The Balaban J connectivity index is 2.42. The van der Waals surface area contributed by atoms with Crippen molar-refractivity contribution in [3.05, 3.63) is 67.9 Å². The van der Waals surface area contributed by atoms with Gasteiger partial charge in [0.15, 0.2) is 12.4 Å².